The minimum Gasteiger partial charge on any atom is -0.497 e. The Morgan fingerprint density at radius 3 is 2.33 bits per heavy atom. The Labute approximate surface area is 106 Å². The molecule has 96 valence electrons. The van der Waals surface area contributed by atoms with Crippen LogP contribution in [0.1, 0.15) is 5.82 Å². The molecule has 0 saturated heterocycles. The Morgan fingerprint density at radius 2 is 1.83 bits per heavy atom. The summed E-state index contributed by atoms with van der Waals surface area (Å²) in [6.07, 6.45) is 1.53. The highest BCUT2D eigenvalue weighted by Crippen LogP contribution is 2.25. The van der Waals surface area contributed by atoms with Crippen molar-refractivity contribution in [1.29, 1.82) is 0 Å². The number of ether oxygens (including phenoxy) is 2. The van der Waals surface area contributed by atoms with Gasteiger partial charge in [0.1, 0.15) is 23.7 Å². The molecule has 0 fully saturated rings. The fourth-order valence-corrected chi connectivity index (χ4v) is 1.57. The summed E-state index contributed by atoms with van der Waals surface area (Å²) in [4.78, 5) is 4.14. The average molecular weight is 248 g/mol. The quantitative estimate of drug-likeness (QED) is 0.867. The molecule has 0 aliphatic rings. The maximum Gasteiger partial charge on any atom is 0.145 e. The van der Waals surface area contributed by atoms with Crippen molar-refractivity contribution >= 4 is 5.69 Å². The monoisotopic (exact) mass is 248 g/mol. The van der Waals surface area contributed by atoms with Crippen molar-refractivity contribution in [3.05, 3.63) is 30.4 Å². The normalized spacial score (nSPS) is 10.2. The van der Waals surface area contributed by atoms with E-state index in [2.05, 4.69) is 15.4 Å². The van der Waals surface area contributed by atoms with Crippen LogP contribution in [0.25, 0.3) is 0 Å². The van der Waals surface area contributed by atoms with Crippen molar-refractivity contribution in [1.82, 2.24) is 14.8 Å². The second kappa shape index (κ2) is 5.39. The fourth-order valence-electron chi connectivity index (χ4n) is 1.57. The van der Waals surface area contributed by atoms with Gasteiger partial charge < -0.3 is 14.8 Å². The van der Waals surface area contributed by atoms with Gasteiger partial charge in [0.15, 0.2) is 0 Å². The van der Waals surface area contributed by atoms with E-state index in [1.165, 1.54) is 6.33 Å². The second-order valence-corrected chi connectivity index (χ2v) is 3.75. The molecule has 18 heavy (non-hydrogen) atoms. The van der Waals surface area contributed by atoms with Gasteiger partial charge in [0.05, 0.1) is 20.8 Å². The minimum atomic E-state index is 0.590. The number of anilines is 1. The van der Waals surface area contributed by atoms with Crippen LogP contribution in [-0.4, -0.2) is 29.0 Å². The van der Waals surface area contributed by atoms with E-state index in [1.54, 1.807) is 18.9 Å². The van der Waals surface area contributed by atoms with E-state index in [1.807, 2.05) is 25.2 Å². The highest BCUT2D eigenvalue weighted by molar-refractivity contribution is 5.53. The first-order valence-corrected chi connectivity index (χ1v) is 5.52. The molecule has 0 unspecified atom stereocenters. The molecule has 0 spiro atoms. The molecule has 0 aliphatic heterocycles. The van der Waals surface area contributed by atoms with E-state index in [0.29, 0.717) is 6.54 Å². The van der Waals surface area contributed by atoms with Crippen molar-refractivity contribution in [2.45, 2.75) is 6.54 Å². The number of aromatic nitrogens is 3. The van der Waals surface area contributed by atoms with Gasteiger partial charge >= 0.3 is 0 Å². The molecular formula is C12H16N4O2. The summed E-state index contributed by atoms with van der Waals surface area (Å²) in [7, 11) is 5.11. The van der Waals surface area contributed by atoms with Gasteiger partial charge in [-0.05, 0) is 0 Å². The summed E-state index contributed by atoms with van der Waals surface area (Å²) in [5, 5.41) is 7.27. The Kier molecular flexibility index (Phi) is 3.66. The Bertz CT molecular complexity index is 502. The lowest BCUT2D eigenvalue weighted by Crippen LogP contribution is -2.07. The molecule has 0 aliphatic carbocycles. The van der Waals surface area contributed by atoms with Crippen molar-refractivity contribution in [3.63, 3.8) is 0 Å². The Hall–Kier alpha value is -2.24. The summed E-state index contributed by atoms with van der Waals surface area (Å²) >= 11 is 0. The lowest BCUT2D eigenvalue weighted by molar-refractivity contribution is 0.394. The van der Waals surface area contributed by atoms with E-state index in [-0.39, 0.29) is 0 Å². The standard InChI is InChI=1S/C12H16N4O2/c1-16-12(14-8-15-16)7-13-9-4-10(17-2)6-11(5-9)18-3/h4-6,8,13H,7H2,1-3H3. The zero-order valence-corrected chi connectivity index (χ0v) is 10.7. The lowest BCUT2D eigenvalue weighted by Gasteiger charge is -2.10. The maximum absolute atomic E-state index is 5.20. The zero-order chi connectivity index (χ0) is 13.0. The molecule has 0 amide bonds. The SMILES string of the molecule is COc1cc(NCc2ncnn2C)cc(OC)c1. The van der Waals surface area contributed by atoms with Crippen molar-refractivity contribution in [3.8, 4) is 11.5 Å². The van der Waals surface area contributed by atoms with Gasteiger partial charge in [-0.2, -0.15) is 5.10 Å². The molecule has 0 bridgehead atoms. The third kappa shape index (κ3) is 2.71. The molecule has 1 aromatic heterocycles. The third-order valence-electron chi connectivity index (χ3n) is 2.61. The number of hydrogen-bond acceptors (Lipinski definition) is 5. The van der Waals surface area contributed by atoms with Gasteiger partial charge in [0, 0.05) is 30.9 Å². The maximum atomic E-state index is 5.20. The number of benzene rings is 1. The van der Waals surface area contributed by atoms with Crippen molar-refractivity contribution in [2.24, 2.45) is 7.05 Å². The van der Waals surface area contributed by atoms with Gasteiger partial charge in [-0.25, -0.2) is 4.98 Å². The molecule has 0 radical (unpaired) electrons. The van der Waals surface area contributed by atoms with Crippen LogP contribution in [0.15, 0.2) is 24.5 Å². The molecule has 2 aromatic rings. The number of hydrogen-bond donors (Lipinski definition) is 1. The van der Waals surface area contributed by atoms with Crippen LogP contribution in [0.2, 0.25) is 0 Å². The van der Waals surface area contributed by atoms with Gasteiger partial charge in [-0.1, -0.05) is 0 Å². The van der Waals surface area contributed by atoms with Crippen LogP contribution in [0.4, 0.5) is 5.69 Å². The lowest BCUT2D eigenvalue weighted by atomic mass is 10.2. The van der Waals surface area contributed by atoms with Gasteiger partial charge in [-0.3, -0.25) is 4.68 Å². The van der Waals surface area contributed by atoms with Crippen molar-refractivity contribution in [2.75, 3.05) is 19.5 Å². The van der Waals surface area contributed by atoms with Crippen LogP contribution in [0.3, 0.4) is 0 Å². The smallest absolute Gasteiger partial charge is 0.145 e. The van der Waals surface area contributed by atoms with Crippen LogP contribution in [-0.2, 0) is 13.6 Å². The Balaban J connectivity index is 2.11. The molecule has 1 aromatic carbocycles. The molecule has 1 N–H and O–H groups in total. The van der Waals surface area contributed by atoms with E-state index in [4.69, 9.17) is 9.47 Å². The molecule has 6 nitrogen and oxygen atoms in total. The molecule has 0 atom stereocenters. The highest BCUT2D eigenvalue weighted by Gasteiger charge is 2.04. The number of rotatable bonds is 5. The second-order valence-electron chi connectivity index (χ2n) is 3.75. The first kappa shape index (κ1) is 12.2. The molecular weight excluding hydrogens is 232 g/mol. The van der Waals surface area contributed by atoms with Crippen LogP contribution in [0, 0.1) is 0 Å². The van der Waals surface area contributed by atoms with E-state index < -0.39 is 0 Å². The summed E-state index contributed by atoms with van der Waals surface area (Å²) < 4.78 is 12.1. The van der Waals surface area contributed by atoms with Crippen LogP contribution < -0.4 is 14.8 Å². The largest absolute Gasteiger partial charge is 0.497 e. The van der Waals surface area contributed by atoms with Crippen molar-refractivity contribution < 1.29 is 9.47 Å². The number of methoxy groups -OCH3 is 2. The highest BCUT2D eigenvalue weighted by atomic mass is 16.5. The zero-order valence-electron chi connectivity index (χ0n) is 10.7. The minimum absolute atomic E-state index is 0.590. The topological polar surface area (TPSA) is 61.2 Å². The number of aryl methyl sites for hydroxylation is 1. The van der Waals surface area contributed by atoms with Crippen LogP contribution >= 0.6 is 0 Å². The molecule has 0 saturated carbocycles. The van der Waals surface area contributed by atoms with E-state index in [9.17, 15) is 0 Å². The number of nitrogens with one attached hydrogen (secondary N) is 1. The fraction of sp³-hybridized carbons (Fsp3) is 0.333. The van der Waals surface area contributed by atoms with Gasteiger partial charge in [0.25, 0.3) is 0 Å². The van der Waals surface area contributed by atoms with Crippen LogP contribution in [0.5, 0.6) is 11.5 Å². The predicted molar refractivity (Wildman–Crippen MR) is 67.9 cm³/mol. The molecule has 6 heteroatoms. The Morgan fingerprint density at radius 1 is 1.17 bits per heavy atom. The average Bonchev–Trinajstić information content (AvgIpc) is 2.81. The first-order valence-electron chi connectivity index (χ1n) is 5.52. The van der Waals surface area contributed by atoms with Gasteiger partial charge in [0.2, 0.25) is 0 Å². The van der Waals surface area contributed by atoms with E-state index in [0.717, 1.165) is 23.0 Å². The summed E-state index contributed by atoms with van der Waals surface area (Å²) in [6.45, 7) is 0.590. The predicted octanol–water partition coefficient (Wildman–Crippen LogP) is 1.44. The summed E-state index contributed by atoms with van der Waals surface area (Å²) in [5.74, 6) is 2.35. The third-order valence-corrected chi connectivity index (χ3v) is 2.61. The number of nitrogens with zero attached hydrogens (tertiary/aromatic N) is 3. The first-order chi connectivity index (χ1) is 8.72. The summed E-state index contributed by atoms with van der Waals surface area (Å²) in [6, 6.07) is 5.63. The van der Waals surface area contributed by atoms with Gasteiger partial charge in [-0.15, -0.1) is 0 Å². The van der Waals surface area contributed by atoms with E-state index >= 15 is 0 Å². The molecule has 1 heterocycles. The molecule has 2 rings (SSSR count). The summed E-state index contributed by atoms with van der Waals surface area (Å²) in [5.41, 5.74) is 0.911.